The van der Waals surface area contributed by atoms with Gasteiger partial charge in [0.25, 0.3) is 0 Å². The van der Waals surface area contributed by atoms with E-state index in [0.717, 1.165) is 31.9 Å². The molecule has 1 saturated heterocycles. The smallest absolute Gasteiger partial charge is 0.0612 e. The molecule has 1 aromatic rings. The number of anilines is 1. The summed E-state index contributed by atoms with van der Waals surface area (Å²) < 4.78 is 0.554. The summed E-state index contributed by atoms with van der Waals surface area (Å²) in [6, 6.07) is 5.70. The van der Waals surface area contributed by atoms with Crippen LogP contribution in [0.4, 0.5) is 5.69 Å². The summed E-state index contributed by atoms with van der Waals surface area (Å²) in [6.45, 7) is 3.52. The third-order valence-corrected chi connectivity index (χ3v) is 4.06. The van der Waals surface area contributed by atoms with E-state index in [0.29, 0.717) is 14.4 Å². The van der Waals surface area contributed by atoms with E-state index in [9.17, 15) is 0 Å². The molecule has 0 bridgehead atoms. The van der Waals surface area contributed by atoms with Gasteiger partial charge < -0.3 is 34.6 Å². The van der Waals surface area contributed by atoms with Gasteiger partial charge in [0.15, 0.2) is 0 Å². The van der Waals surface area contributed by atoms with Gasteiger partial charge in [-0.25, -0.2) is 0 Å². The Morgan fingerprint density at radius 3 is 2.29 bits per heavy atom. The fraction of sp³-hybridized carbons (Fsp3) is 0.364. The molecule has 0 aliphatic carbocycles. The summed E-state index contributed by atoms with van der Waals surface area (Å²) in [4.78, 5) is 4.30. The number of halogens is 2. The molecule has 0 N–H and O–H groups in total. The van der Waals surface area contributed by atoms with Crippen molar-refractivity contribution in [3.63, 3.8) is 0 Å². The van der Waals surface area contributed by atoms with Gasteiger partial charge in [0.05, 0.1) is 10.0 Å². The number of hydrogen-bond donors (Lipinski definition) is 0. The van der Waals surface area contributed by atoms with Crippen LogP contribution in [0.15, 0.2) is 18.2 Å². The summed E-state index contributed by atoms with van der Waals surface area (Å²) in [5.41, 5.74) is 1.09. The maximum atomic E-state index is 6.01. The Hall–Kier alpha value is -0.290. The van der Waals surface area contributed by atoms with E-state index in [1.165, 1.54) is 0 Å². The molecule has 17 heavy (non-hydrogen) atoms. The third kappa shape index (κ3) is 3.13. The molecule has 0 spiro atoms. The quantitative estimate of drug-likeness (QED) is 0.581. The first-order chi connectivity index (χ1) is 8.08. The van der Waals surface area contributed by atoms with Gasteiger partial charge in [-0.2, -0.15) is 0 Å². The number of nitrogens with zero attached hydrogens (tertiary/aromatic N) is 2. The number of thiocarbonyl (C=S) groups is 1. The molecule has 1 aliphatic rings. The van der Waals surface area contributed by atoms with Gasteiger partial charge >= 0.3 is 0 Å². The molecular formula is C11H11Cl2N2S2-. The van der Waals surface area contributed by atoms with Gasteiger partial charge in [0, 0.05) is 31.9 Å². The van der Waals surface area contributed by atoms with E-state index in [2.05, 4.69) is 4.90 Å². The Kier molecular flexibility index (Phi) is 4.31. The Balaban J connectivity index is 2.05. The second-order valence-electron chi connectivity index (χ2n) is 3.84. The van der Waals surface area contributed by atoms with Crippen LogP contribution in [-0.4, -0.2) is 35.4 Å². The van der Waals surface area contributed by atoms with Crippen molar-refractivity contribution in [2.75, 3.05) is 31.1 Å². The van der Waals surface area contributed by atoms with Gasteiger partial charge in [-0.1, -0.05) is 27.5 Å². The van der Waals surface area contributed by atoms with Gasteiger partial charge in [0.1, 0.15) is 0 Å². The van der Waals surface area contributed by atoms with Crippen LogP contribution in [0.2, 0.25) is 10.0 Å². The minimum absolute atomic E-state index is 0.554. The first kappa shape index (κ1) is 13.1. The first-order valence-corrected chi connectivity index (χ1v) is 6.81. The minimum atomic E-state index is 0.554. The molecule has 1 aliphatic heterocycles. The fourth-order valence-corrected chi connectivity index (χ4v) is 2.49. The number of rotatable bonds is 1. The Labute approximate surface area is 122 Å². The molecule has 0 radical (unpaired) electrons. The molecule has 6 heteroatoms. The lowest BCUT2D eigenvalue weighted by molar-refractivity contribution is 0.398. The largest absolute Gasteiger partial charge is 0.411 e. The second-order valence-corrected chi connectivity index (χ2v) is 5.68. The predicted molar refractivity (Wildman–Crippen MR) is 80.2 cm³/mol. The zero-order chi connectivity index (χ0) is 12.4. The monoisotopic (exact) mass is 305 g/mol. The van der Waals surface area contributed by atoms with Crippen molar-refractivity contribution < 1.29 is 0 Å². The van der Waals surface area contributed by atoms with Gasteiger partial charge in [-0.3, -0.25) is 0 Å². The van der Waals surface area contributed by atoms with Crippen LogP contribution in [0.3, 0.4) is 0 Å². The van der Waals surface area contributed by atoms with Gasteiger partial charge in [0.2, 0.25) is 0 Å². The summed E-state index contributed by atoms with van der Waals surface area (Å²) in [7, 11) is 0. The summed E-state index contributed by atoms with van der Waals surface area (Å²) in [5, 5.41) is 1.17. The van der Waals surface area contributed by atoms with Crippen molar-refractivity contribution in [1.82, 2.24) is 4.90 Å². The first-order valence-electron chi connectivity index (χ1n) is 5.24. The van der Waals surface area contributed by atoms with Crippen LogP contribution in [0.5, 0.6) is 0 Å². The predicted octanol–water partition coefficient (Wildman–Crippen LogP) is 2.95. The molecule has 2 nitrogen and oxygen atoms in total. The zero-order valence-corrected chi connectivity index (χ0v) is 12.2. The molecule has 0 atom stereocenters. The molecule has 1 aromatic carbocycles. The van der Waals surface area contributed by atoms with Crippen molar-refractivity contribution in [3.05, 3.63) is 28.2 Å². The lowest BCUT2D eigenvalue weighted by Gasteiger charge is -2.39. The Bertz CT molecular complexity index is 431. The van der Waals surface area contributed by atoms with Gasteiger partial charge in [-0.15, -0.1) is 0 Å². The molecule has 2 rings (SSSR count). The highest BCUT2D eigenvalue weighted by Crippen LogP contribution is 2.27. The Morgan fingerprint density at radius 1 is 1.12 bits per heavy atom. The molecule has 0 unspecified atom stereocenters. The Morgan fingerprint density at radius 2 is 1.76 bits per heavy atom. The zero-order valence-electron chi connectivity index (χ0n) is 9.03. The lowest BCUT2D eigenvalue weighted by atomic mass is 10.2. The van der Waals surface area contributed by atoms with E-state index in [1.54, 1.807) is 0 Å². The van der Waals surface area contributed by atoms with E-state index in [1.807, 2.05) is 23.1 Å². The lowest BCUT2D eigenvalue weighted by Crippen LogP contribution is -2.47. The summed E-state index contributed by atoms with van der Waals surface area (Å²) in [5.74, 6) is 0. The van der Waals surface area contributed by atoms with Crippen LogP contribution in [0, 0.1) is 0 Å². The average molecular weight is 306 g/mol. The molecule has 0 aromatic heterocycles. The molecular weight excluding hydrogens is 295 g/mol. The van der Waals surface area contributed by atoms with Crippen LogP contribution >= 0.6 is 35.4 Å². The van der Waals surface area contributed by atoms with Crippen molar-refractivity contribution in [2.24, 2.45) is 0 Å². The van der Waals surface area contributed by atoms with Crippen molar-refractivity contribution in [3.8, 4) is 0 Å². The highest BCUT2D eigenvalue weighted by Gasteiger charge is 2.16. The van der Waals surface area contributed by atoms with Crippen LogP contribution < -0.4 is 4.90 Å². The molecule has 1 heterocycles. The van der Waals surface area contributed by atoms with Gasteiger partial charge in [-0.05, 0) is 18.2 Å². The maximum absolute atomic E-state index is 6.01. The SMILES string of the molecule is S=C([S-])N1CCN(c2ccc(Cl)c(Cl)c2)CC1. The number of piperazine rings is 1. The number of hydrogen-bond acceptors (Lipinski definition) is 3. The van der Waals surface area contributed by atoms with Crippen LogP contribution in [0.1, 0.15) is 0 Å². The summed E-state index contributed by atoms with van der Waals surface area (Å²) in [6.07, 6.45) is 0. The average Bonchev–Trinajstić information content (AvgIpc) is 2.33. The number of benzene rings is 1. The van der Waals surface area contributed by atoms with Crippen molar-refractivity contribution >= 4 is 58.1 Å². The molecule has 92 valence electrons. The maximum Gasteiger partial charge on any atom is 0.0612 e. The third-order valence-electron chi connectivity index (χ3n) is 2.81. The molecule has 1 fully saturated rings. The normalized spacial score (nSPS) is 16.1. The van der Waals surface area contributed by atoms with E-state index in [-0.39, 0.29) is 0 Å². The van der Waals surface area contributed by atoms with Crippen molar-refractivity contribution in [1.29, 1.82) is 0 Å². The molecule has 0 saturated carbocycles. The minimum Gasteiger partial charge on any atom is -0.411 e. The van der Waals surface area contributed by atoms with E-state index < -0.39 is 0 Å². The van der Waals surface area contributed by atoms with Crippen LogP contribution in [-0.2, 0) is 12.6 Å². The molecule has 0 amide bonds. The van der Waals surface area contributed by atoms with E-state index in [4.69, 9.17) is 48.0 Å². The highest BCUT2D eigenvalue weighted by molar-refractivity contribution is 8.00. The van der Waals surface area contributed by atoms with Crippen LogP contribution in [0.25, 0.3) is 0 Å². The standard InChI is InChI=1S/C11H12Cl2N2S2/c12-9-2-1-8(7-10(9)13)14-3-5-15(6-4-14)11(16)17/h1-2,7H,3-6H2,(H,16,17)/p-1. The second kappa shape index (κ2) is 5.57. The van der Waals surface area contributed by atoms with Crippen molar-refractivity contribution in [2.45, 2.75) is 0 Å². The summed E-state index contributed by atoms with van der Waals surface area (Å²) >= 11 is 21.9. The van der Waals surface area contributed by atoms with E-state index >= 15 is 0 Å². The topological polar surface area (TPSA) is 6.48 Å². The fourth-order valence-electron chi connectivity index (χ4n) is 1.83. The highest BCUT2D eigenvalue weighted by atomic mass is 35.5.